The Hall–Kier alpha value is -6.34. The van der Waals surface area contributed by atoms with Gasteiger partial charge in [-0.05, 0) is 86.0 Å². The fourth-order valence-corrected chi connectivity index (χ4v) is 3.41. The van der Waals surface area contributed by atoms with E-state index in [2.05, 4.69) is 36.1 Å². The van der Waals surface area contributed by atoms with Crippen molar-refractivity contribution in [3.05, 3.63) is 132 Å². The van der Waals surface area contributed by atoms with Gasteiger partial charge >= 0.3 is 35.8 Å². The molecule has 0 saturated carbocycles. The molecular formula is C34H22O12. The molecule has 5 rings (SSSR count). The predicted octanol–water partition coefficient (Wildman–Crippen LogP) is 4.33. The van der Waals surface area contributed by atoms with Crippen LogP contribution in [0.15, 0.2) is 121 Å². The van der Waals surface area contributed by atoms with Crippen molar-refractivity contribution in [3.63, 3.8) is 0 Å². The van der Waals surface area contributed by atoms with E-state index in [1.807, 2.05) is 0 Å². The second kappa shape index (κ2) is 14.4. The van der Waals surface area contributed by atoms with Crippen LogP contribution in [0.1, 0.15) is 20.7 Å². The van der Waals surface area contributed by atoms with E-state index in [0.29, 0.717) is 0 Å². The van der Waals surface area contributed by atoms with Gasteiger partial charge in [-0.1, -0.05) is 11.5 Å². The second-order valence-corrected chi connectivity index (χ2v) is 9.17. The molecule has 3 aromatic rings. The Morgan fingerprint density at radius 3 is 1.15 bits per heavy atom. The summed E-state index contributed by atoms with van der Waals surface area (Å²) in [4.78, 5) is 48.8. The first-order valence-electron chi connectivity index (χ1n) is 13.4. The van der Waals surface area contributed by atoms with Crippen LogP contribution in [0.25, 0.3) is 0 Å². The molecule has 12 nitrogen and oxygen atoms in total. The van der Waals surface area contributed by atoms with E-state index < -0.39 is 36.1 Å². The van der Waals surface area contributed by atoms with E-state index in [1.165, 1.54) is 72.8 Å². The lowest BCUT2D eigenvalue weighted by atomic mass is 10.2. The van der Waals surface area contributed by atoms with E-state index in [4.69, 9.17) is 37.9 Å². The lowest BCUT2D eigenvalue weighted by Gasteiger charge is -2.09. The Bertz CT molecular complexity index is 1690. The largest absolute Gasteiger partial charge is 0.423 e. The Balaban J connectivity index is 1.11. The van der Waals surface area contributed by atoms with Crippen LogP contribution < -0.4 is 18.9 Å². The Morgan fingerprint density at radius 1 is 0.543 bits per heavy atom. The van der Waals surface area contributed by atoms with Crippen LogP contribution in [0.3, 0.4) is 0 Å². The van der Waals surface area contributed by atoms with Crippen molar-refractivity contribution < 1.29 is 57.1 Å². The molecule has 0 aromatic heterocycles. The quantitative estimate of drug-likeness (QED) is 0.0931. The number of esters is 4. The molecule has 2 aliphatic heterocycles. The van der Waals surface area contributed by atoms with Gasteiger partial charge in [0, 0.05) is 11.5 Å². The first-order chi connectivity index (χ1) is 22.3. The van der Waals surface area contributed by atoms with E-state index in [1.54, 1.807) is 0 Å². The van der Waals surface area contributed by atoms with Gasteiger partial charge in [0.15, 0.2) is 12.2 Å². The standard InChI is InChI=1S/C34H22O12/c1-3-5-29(45-33(37)27-19-39-27)41-23-11-7-21(8-12-23)31(35)43-25-15-17-26(18-16-25)44-32(36)22-9-13-24(14-10-22)42-30(6-4-2)46-34(38)28-20-40-28/h7-18,27-28H,1-2,19-20H2. The highest BCUT2D eigenvalue weighted by atomic mass is 16.7. The van der Waals surface area contributed by atoms with Gasteiger partial charge in [-0.15, -0.1) is 0 Å². The number of carbonyl (C=O) groups excluding carboxylic acids is 4. The summed E-state index contributed by atoms with van der Waals surface area (Å²) in [5, 5.41) is 0. The summed E-state index contributed by atoms with van der Waals surface area (Å²) in [5.41, 5.74) is 10.00. The molecule has 0 amide bonds. The zero-order chi connectivity index (χ0) is 32.5. The first-order valence-corrected chi connectivity index (χ1v) is 13.4. The zero-order valence-electron chi connectivity index (χ0n) is 23.8. The summed E-state index contributed by atoms with van der Waals surface area (Å²) in [7, 11) is 0. The van der Waals surface area contributed by atoms with Crippen LogP contribution in [0.4, 0.5) is 0 Å². The molecule has 0 spiro atoms. The molecule has 46 heavy (non-hydrogen) atoms. The lowest BCUT2D eigenvalue weighted by molar-refractivity contribution is -0.145. The molecule has 12 heteroatoms. The summed E-state index contributed by atoms with van der Waals surface area (Å²) in [6.07, 6.45) is -1.27. The van der Waals surface area contributed by atoms with Gasteiger partial charge in [0.25, 0.3) is 0 Å². The average Bonchev–Trinajstić information content (AvgIpc) is 3.96. The number of benzene rings is 3. The summed E-state index contributed by atoms with van der Waals surface area (Å²) >= 11 is 0. The number of hydrogen-bond acceptors (Lipinski definition) is 12. The molecule has 0 radical (unpaired) electrons. The van der Waals surface area contributed by atoms with Gasteiger partial charge in [-0.2, -0.15) is 0 Å². The Morgan fingerprint density at radius 2 is 0.848 bits per heavy atom. The minimum atomic E-state index is -0.658. The Kier molecular flexibility index (Phi) is 9.75. The van der Waals surface area contributed by atoms with Crippen LogP contribution in [0.5, 0.6) is 23.0 Å². The molecule has 2 fully saturated rings. The number of ether oxygens (including phenoxy) is 8. The third-order valence-corrected chi connectivity index (χ3v) is 5.81. The maximum Gasteiger partial charge on any atom is 0.349 e. The Labute approximate surface area is 261 Å². The monoisotopic (exact) mass is 622 g/mol. The van der Waals surface area contributed by atoms with Crippen molar-refractivity contribution in [2.75, 3.05) is 13.2 Å². The highest BCUT2D eigenvalue weighted by Crippen LogP contribution is 2.23. The van der Waals surface area contributed by atoms with Crippen LogP contribution >= 0.6 is 0 Å². The first kappa shape index (κ1) is 31.1. The van der Waals surface area contributed by atoms with Crippen molar-refractivity contribution in [2.45, 2.75) is 12.2 Å². The van der Waals surface area contributed by atoms with Gasteiger partial charge in [-0.3, -0.25) is 0 Å². The van der Waals surface area contributed by atoms with Crippen molar-refractivity contribution in [1.82, 2.24) is 0 Å². The second-order valence-electron chi connectivity index (χ2n) is 9.17. The summed E-state index contributed by atoms with van der Waals surface area (Å²) in [6, 6.07) is 17.5. The zero-order valence-corrected chi connectivity index (χ0v) is 23.8. The van der Waals surface area contributed by atoms with Gasteiger partial charge in [-0.25, -0.2) is 19.2 Å². The molecule has 2 heterocycles. The van der Waals surface area contributed by atoms with Gasteiger partial charge < -0.3 is 37.9 Å². The minimum absolute atomic E-state index is 0.202. The normalized spacial score (nSPS) is 15.2. The van der Waals surface area contributed by atoms with Gasteiger partial charge in [0.05, 0.1) is 24.3 Å². The summed E-state index contributed by atoms with van der Waals surface area (Å²) < 4.78 is 41.5. The van der Waals surface area contributed by atoms with Crippen LogP contribution in [0, 0.1) is 0 Å². The van der Waals surface area contributed by atoms with Crippen LogP contribution in [-0.2, 0) is 28.5 Å². The molecule has 0 bridgehead atoms. The van der Waals surface area contributed by atoms with Gasteiger partial charge in [0.1, 0.15) is 23.0 Å². The topological polar surface area (TPSA) is 149 Å². The van der Waals surface area contributed by atoms with Crippen molar-refractivity contribution in [3.8, 4) is 23.0 Å². The van der Waals surface area contributed by atoms with E-state index >= 15 is 0 Å². The maximum atomic E-state index is 12.6. The van der Waals surface area contributed by atoms with Crippen molar-refractivity contribution >= 4 is 23.9 Å². The molecule has 2 unspecified atom stereocenters. The highest BCUT2D eigenvalue weighted by molar-refractivity contribution is 5.92. The molecule has 230 valence electrons. The molecule has 0 aliphatic carbocycles. The van der Waals surface area contributed by atoms with Crippen molar-refractivity contribution in [1.29, 1.82) is 0 Å². The number of epoxide rings is 2. The molecule has 3 aromatic carbocycles. The van der Waals surface area contributed by atoms with E-state index in [0.717, 1.165) is 0 Å². The summed E-state index contributed by atoms with van der Waals surface area (Å²) in [5.74, 6) is -2.21. The summed E-state index contributed by atoms with van der Waals surface area (Å²) in [6.45, 7) is 7.30. The van der Waals surface area contributed by atoms with E-state index in [-0.39, 0.29) is 59.2 Å². The predicted molar refractivity (Wildman–Crippen MR) is 154 cm³/mol. The number of rotatable bonds is 12. The molecular weight excluding hydrogens is 600 g/mol. The maximum absolute atomic E-state index is 12.6. The third-order valence-electron chi connectivity index (χ3n) is 5.81. The SMILES string of the molecule is C=C=C=C(OC(=O)C1CO1)Oc1ccc(C(=O)Oc2ccc(OC(=O)c3ccc(OC(=C=C=C)OC(=O)C4CO4)cc3)cc2)cc1. The fraction of sp³-hybridized carbons (Fsp3) is 0.118. The average molecular weight is 623 g/mol. The molecule has 2 aliphatic rings. The lowest BCUT2D eigenvalue weighted by Crippen LogP contribution is -2.13. The van der Waals surface area contributed by atoms with E-state index in [9.17, 15) is 19.2 Å². The highest BCUT2D eigenvalue weighted by Gasteiger charge is 2.35. The smallest absolute Gasteiger partial charge is 0.349 e. The molecule has 2 atom stereocenters. The van der Waals surface area contributed by atoms with Crippen LogP contribution in [-0.4, -0.2) is 49.3 Å². The number of hydrogen-bond donors (Lipinski definition) is 0. The van der Waals surface area contributed by atoms with Gasteiger partial charge in [0.2, 0.25) is 0 Å². The molecule has 0 N–H and O–H groups in total. The number of carbonyl (C=O) groups is 4. The van der Waals surface area contributed by atoms with Crippen molar-refractivity contribution in [2.24, 2.45) is 0 Å². The molecule has 2 saturated heterocycles. The minimum Gasteiger partial charge on any atom is -0.423 e. The van der Waals surface area contributed by atoms with Crippen LogP contribution in [0.2, 0.25) is 0 Å². The fourth-order valence-electron chi connectivity index (χ4n) is 3.41. The third kappa shape index (κ3) is 8.84.